The summed E-state index contributed by atoms with van der Waals surface area (Å²) in [5.41, 5.74) is 1.07. The number of phenols is 1. The zero-order valence-electron chi connectivity index (χ0n) is 11.9. The van der Waals surface area contributed by atoms with E-state index in [1.807, 2.05) is 11.8 Å². The highest BCUT2D eigenvalue weighted by atomic mass is 32.2. The summed E-state index contributed by atoms with van der Waals surface area (Å²) >= 11 is 2.91. The Balaban J connectivity index is 1.98. The summed E-state index contributed by atoms with van der Waals surface area (Å²) in [6.07, 6.45) is 0.367. The standard InChI is InChI=1S/C14H20N2O3S2/c1-2-20-7-3-6-15-8-11(18)9-4-5-10(17)12-13(9)21-14(19)16-12/h4-5,11,15,17-18H,2-3,6-8H2,1H3,(H,16,19)/t11-/m1/s1. The fourth-order valence-corrected chi connectivity index (χ4v) is 3.65. The molecule has 0 saturated heterocycles. The van der Waals surface area contributed by atoms with E-state index in [2.05, 4.69) is 17.2 Å². The van der Waals surface area contributed by atoms with Gasteiger partial charge in [-0.3, -0.25) is 4.79 Å². The van der Waals surface area contributed by atoms with Crippen LogP contribution in [0.3, 0.4) is 0 Å². The largest absolute Gasteiger partial charge is 0.506 e. The molecule has 1 aromatic heterocycles. The maximum absolute atomic E-state index is 11.4. The first kappa shape index (κ1) is 16.4. The van der Waals surface area contributed by atoms with Gasteiger partial charge in [0.1, 0.15) is 11.3 Å². The first-order valence-electron chi connectivity index (χ1n) is 6.94. The van der Waals surface area contributed by atoms with E-state index in [0.717, 1.165) is 35.8 Å². The summed E-state index contributed by atoms with van der Waals surface area (Å²) in [4.78, 5) is 13.8. The predicted molar refractivity (Wildman–Crippen MR) is 89.6 cm³/mol. The lowest BCUT2D eigenvalue weighted by Gasteiger charge is -2.13. The van der Waals surface area contributed by atoms with Crippen LogP contribution in [0.25, 0.3) is 10.2 Å². The van der Waals surface area contributed by atoms with Gasteiger partial charge in [0.25, 0.3) is 0 Å². The molecular formula is C14H20N2O3S2. The molecule has 2 rings (SSSR count). The molecule has 0 bridgehead atoms. The van der Waals surface area contributed by atoms with Crippen LogP contribution in [0.2, 0.25) is 0 Å². The van der Waals surface area contributed by atoms with E-state index in [0.29, 0.717) is 22.3 Å². The number of nitrogens with one attached hydrogen (secondary N) is 2. The average molecular weight is 328 g/mol. The number of H-pyrrole nitrogens is 1. The molecule has 0 aliphatic rings. The van der Waals surface area contributed by atoms with Crippen LogP contribution in [0.15, 0.2) is 16.9 Å². The van der Waals surface area contributed by atoms with Crippen LogP contribution in [-0.4, -0.2) is 39.8 Å². The van der Waals surface area contributed by atoms with Crippen molar-refractivity contribution in [3.8, 4) is 5.75 Å². The molecular weight excluding hydrogens is 308 g/mol. The minimum absolute atomic E-state index is 0.0313. The number of aliphatic hydroxyl groups is 1. The zero-order chi connectivity index (χ0) is 15.2. The van der Waals surface area contributed by atoms with E-state index in [1.165, 1.54) is 6.07 Å². The number of thioether (sulfide) groups is 1. The molecule has 2 aromatic rings. The Labute approximate surface area is 131 Å². The van der Waals surface area contributed by atoms with E-state index in [1.54, 1.807) is 6.07 Å². The summed E-state index contributed by atoms with van der Waals surface area (Å²) < 4.78 is 0.621. The quantitative estimate of drug-likeness (QED) is 0.557. The Bertz CT molecular complexity index is 639. The number of hydrogen-bond donors (Lipinski definition) is 4. The van der Waals surface area contributed by atoms with Crippen molar-refractivity contribution >= 4 is 33.3 Å². The molecule has 0 aliphatic heterocycles. The van der Waals surface area contributed by atoms with Gasteiger partial charge in [-0.15, -0.1) is 0 Å². The molecule has 1 atom stereocenters. The van der Waals surface area contributed by atoms with Crippen molar-refractivity contribution in [1.29, 1.82) is 0 Å². The lowest BCUT2D eigenvalue weighted by atomic mass is 10.1. The molecule has 0 unspecified atom stereocenters. The number of phenolic OH excluding ortho intramolecular Hbond substituents is 1. The monoisotopic (exact) mass is 328 g/mol. The van der Waals surface area contributed by atoms with Crippen LogP contribution in [0, 0.1) is 0 Å². The van der Waals surface area contributed by atoms with Gasteiger partial charge in [-0.2, -0.15) is 11.8 Å². The smallest absolute Gasteiger partial charge is 0.305 e. The van der Waals surface area contributed by atoms with Gasteiger partial charge in [-0.1, -0.05) is 24.3 Å². The maximum atomic E-state index is 11.4. The molecule has 0 aliphatic carbocycles. The second-order valence-electron chi connectivity index (χ2n) is 4.66. The van der Waals surface area contributed by atoms with Gasteiger partial charge in [0, 0.05) is 12.1 Å². The van der Waals surface area contributed by atoms with Gasteiger partial charge in [-0.25, -0.2) is 0 Å². The molecule has 0 saturated carbocycles. The fraction of sp³-hybridized carbons (Fsp3) is 0.500. The number of benzene rings is 1. The molecule has 0 radical (unpaired) electrons. The van der Waals surface area contributed by atoms with Crippen LogP contribution in [0.1, 0.15) is 25.0 Å². The zero-order valence-corrected chi connectivity index (χ0v) is 13.5. The second kappa shape index (κ2) is 7.84. The van der Waals surface area contributed by atoms with E-state index >= 15 is 0 Å². The Morgan fingerprint density at radius 1 is 1.48 bits per heavy atom. The van der Waals surface area contributed by atoms with Crippen molar-refractivity contribution in [2.75, 3.05) is 24.6 Å². The highest BCUT2D eigenvalue weighted by molar-refractivity contribution is 7.99. The van der Waals surface area contributed by atoms with E-state index in [-0.39, 0.29) is 10.6 Å². The molecule has 1 aromatic carbocycles. The SMILES string of the molecule is CCSCCCNC[C@@H](O)c1ccc(O)c2[nH]c(=O)sc12. The second-order valence-corrected chi connectivity index (χ2v) is 7.04. The Kier molecular flexibility index (Phi) is 6.10. The molecule has 0 spiro atoms. The van der Waals surface area contributed by atoms with Crippen molar-refractivity contribution in [2.24, 2.45) is 0 Å². The number of thiazole rings is 1. The van der Waals surface area contributed by atoms with Crippen LogP contribution in [0.5, 0.6) is 5.75 Å². The molecule has 0 fully saturated rings. The summed E-state index contributed by atoms with van der Waals surface area (Å²) in [5, 5.41) is 23.2. The first-order valence-corrected chi connectivity index (χ1v) is 8.91. The lowest BCUT2D eigenvalue weighted by molar-refractivity contribution is 0.176. The van der Waals surface area contributed by atoms with Crippen molar-refractivity contribution in [1.82, 2.24) is 10.3 Å². The lowest BCUT2D eigenvalue weighted by Crippen LogP contribution is -2.23. The third-order valence-corrected chi connectivity index (χ3v) is 5.05. The van der Waals surface area contributed by atoms with E-state index < -0.39 is 6.10 Å². The fourth-order valence-electron chi connectivity index (χ4n) is 2.09. The number of fused-ring (bicyclic) bond motifs is 1. The highest BCUT2D eigenvalue weighted by Crippen LogP contribution is 2.31. The van der Waals surface area contributed by atoms with Gasteiger partial charge in [-0.05, 0) is 30.5 Å². The molecule has 116 valence electrons. The number of aromatic amines is 1. The van der Waals surface area contributed by atoms with E-state index in [4.69, 9.17) is 0 Å². The van der Waals surface area contributed by atoms with Gasteiger partial charge in [0.05, 0.1) is 10.8 Å². The third-order valence-electron chi connectivity index (χ3n) is 3.13. The Hall–Kier alpha value is -1.02. The third kappa shape index (κ3) is 4.23. The normalized spacial score (nSPS) is 12.9. The van der Waals surface area contributed by atoms with Gasteiger partial charge < -0.3 is 20.5 Å². The summed E-state index contributed by atoms with van der Waals surface area (Å²) in [6.45, 7) is 3.43. The molecule has 21 heavy (non-hydrogen) atoms. The van der Waals surface area contributed by atoms with Crippen molar-refractivity contribution in [3.05, 3.63) is 27.4 Å². The molecule has 0 amide bonds. The van der Waals surface area contributed by atoms with Crippen molar-refractivity contribution < 1.29 is 10.2 Å². The number of aliphatic hydroxyl groups excluding tert-OH is 1. The summed E-state index contributed by atoms with van der Waals surface area (Å²) in [6, 6.07) is 3.17. The average Bonchev–Trinajstić information content (AvgIpc) is 2.85. The van der Waals surface area contributed by atoms with Gasteiger partial charge >= 0.3 is 4.87 Å². The van der Waals surface area contributed by atoms with Crippen LogP contribution in [-0.2, 0) is 0 Å². The molecule has 5 nitrogen and oxygen atoms in total. The number of hydrogen-bond acceptors (Lipinski definition) is 6. The van der Waals surface area contributed by atoms with Crippen LogP contribution >= 0.6 is 23.1 Å². The number of rotatable bonds is 8. The number of aromatic nitrogens is 1. The van der Waals surface area contributed by atoms with Crippen molar-refractivity contribution in [2.45, 2.75) is 19.4 Å². The molecule has 4 N–H and O–H groups in total. The number of aromatic hydroxyl groups is 1. The van der Waals surface area contributed by atoms with Crippen LogP contribution in [0.4, 0.5) is 0 Å². The van der Waals surface area contributed by atoms with E-state index in [9.17, 15) is 15.0 Å². The predicted octanol–water partition coefficient (Wildman–Crippen LogP) is 2.06. The van der Waals surface area contributed by atoms with Gasteiger partial charge in [0.2, 0.25) is 0 Å². The molecule has 1 heterocycles. The Morgan fingerprint density at radius 3 is 3.05 bits per heavy atom. The summed E-state index contributed by atoms with van der Waals surface area (Å²) in [7, 11) is 0. The maximum Gasteiger partial charge on any atom is 0.305 e. The minimum Gasteiger partial charge on any atom is -0.506 e. The van der Waals surface area contributed by atoms with Crippen molar-refractivity contribution in [3.63, 3.8) is 0 Å². The first-order chi connectivity index (χ1) is 10.1. The minimum atomic E-state index is -0.696. The topological polar surface area (TPSA) is 85.3 Å². The van der Waals surface area contributed by atoms with Crippen LogP contribution < -0.4 is 10.2 Å². The molecule has 7 heteroatoms. The van der Waals surface area contributed by atoms with Gasteiger partial charge in [0.15, 0.2) is 0 Å². The highest BCUT2D eigenvalue weighted by Gasteiger charge is 2.15. The summed E-state index contributed by atoms with van der Waals surface area (Å²) in [5.74, 6) is 2.27. The Morgan fingerprint density at radius 2 is 2.29 bits per heavy atom.